The van der Waals surface area contributed by atoms with E-state index in [0.29, 0.717) is 12.5 Å². The molecule has 21 heavy (non-hydrogen) atoms. The number of benzene rings is 1. The number of ether oxygens (including phenoxy) is 1. The molecule has 4 unspecified atom stereocenters. The number of hydrogen-bond acceptors (Lipinski definition) is 3. The molecule has 1 amide bonds. The van der Waals surface area contributed by atoms with Crippen molar-refractivity contribution in [2.75, 3.05) is 20.2 Å². The summed E-state index contributed by atoms with van der Waals surface area (Å²) in [5, 5.41) is 9.64. The van der Waals surface area contributed by atoms with Crippen molar-refractivity contribution in [3.8, 4) is 5.75 Å². The molecule has 2 aliphatic rings. The van der Waals surface area contributed by atoms with E-state index in [2.05, 4.69) is 6.07 Å². The Bertz CT molecular complexity index is 529. The predicted octanol–water partition coefficient (Wildman–Crippen LogP) is 2.03. The van der Waals surface area contributed by atoms with Gasteiger partial charge in [-0.1, -0.05) is 12.1 Å². The number of amides is 1. The highest BCUT2D eigenvalue weighted by atomic mass is 16.5. The van der Waals surface area contributed by atoms with Crippen molar-refractivity contribution < 1.29 is 14.6 Å². The summed E-state index contributed by atoms with van der Waals surface area (Å²) in [4.78, 5) is 14.5. The van der Waals surface area contributed by atoms with Crippen molar-refractivity contribution in [1.82, 2.24) is 4.90 Å². The number of methoxy groups -OCH3 is 1. The van der Waals surface area contributed by atoms with E-state index in [9.17, 15) is 9.90 Å². The first-order chi connectivity index (χ1) is 10.1. The zero-order valence-electron chi connectivity index (χ0n) is 12.7. The highest BCUT2D eigenvalue weighted by Crippen LogP contribution is 2.49. The molecule has 2 fully saturated rings. The molecule has 1 aromatic rings. The van der Waals surface area contributed by atoms with Gasteiger partial charge in [-0.2, -0.15) is 0 Å². The Kier molecular flexibility index (Phi) is 3.89. The molecule has 1 saturated heterocycles. The number of aliphatic hydroxyl groups is 1. The van der Waals surface area contributed by atoms with Crippen molar-refractivity contribution in [2.24, 2.45) is 11.8 Å². The summed E-state index contributed by atoms with van der Waals surface area (Å²) < 4.78 is 5.25. The molecule has 1 saturated carbocycles. The molecular weight excluding hydrogens is 266 g/mol. The number of nitrogens with zero attached hydrogens (tertiary/aromatic N) is 1. The van der Waals surface area contributed by atoms with E-state index in [1.54, 1.807) is 7.11 Å². The van der Waals surface area contributed by atoms with Crippen molar-refractivity contribution >= 4 is 5.91 Å². The van der Waals surface area contributed by atoms with Crippen molar-refractivity contribution in [3.05, 3.63) is 29.8 Å². The van der Waals surface area contributed by atoms with Gasteiger partial charge in [0.25, 0.3) is 0 Å². The van der Waals surface area contributed by atoms with Crippen LogP contribution in [0.4, 0.5) is 0 Å². The van der Waals surface area contributed by atoms with Gasteiger partial charge in [0.15, 0.2) is 0 Å². The number of aliphatic hydroxyl groups excluding tert-OH is 1. The molecule has 0 spiro atoms. The zero-order valence-corrected chi connectivity index (χ0v) is 12.7. The van der Waals surface area contributed by atoms with Crippen LogP contribution in [0.15, 0.2) is 24.3 Å². The SMILES string of the molecule is COc1cccc(C2CC2C(=O)N2CCC(C(C)O)C2)c1. The van der Waals surface area contributed by atoms with Crippen molar-refractivity contribution in [1.29, 1.82) is 0 Å². The van der Waals surface area contributed by atoms with Gasteiger partial charge in [-0.15, -0.1) is 0 Å². The first kappa shape index (κ1) is 14.4. The molecule has 114 valence electrons. The van der Waals surface area contributed by atoms with Crippen molar-refractivity contribution in [3.63, 3.8) is 0 Å². The molecule has 4 nitrogen and oxygen atoms in total. The minimum Gasteiger partial charge on any atom is -0.497 e. The fourth-order valence-corrected chi connectivity index (χ4v) is 3.32. The molecule has 0 radical (unpaired) electrons. The quantitative estimate of drug-likeness (QED) is 0.922. The molecule has 1 heterocycles. The van der Waals surface area contributed by atoms with Gasteiger partial charge < -0.3 is 14.7 Å². The number of rotatable bonds is 4. The zero-order chi connectivity index (χ0) is 15.0. The molecule has 1 aliphatic heterocycles. The molecule has 4 heteroatoms. The van der Waals surface area contributed by atoms with Crippen LogP contribution in [0.2, 0.25) is 0 Å². The van der Waals surface area contributed by atoms with Crippen LogP contribution in [0.3, 0.4) is 0 Å². The van der Waals surface area contributed by atoms with Gasteiger partial charge in [0.2, 0.25) is 5.91 Å². The second-order valence-electron chi connectivity index (χ2n) is 6.30. The summed E-state index contributed by atoms with van der Waals surface area (Å²) in [6.07, 6.45) is 1.53. The minimum absolute atomic E-state index is 0.116. The van der Waals surface area contributed by atoms with E-state index >= 15 is 0 Å². The van der Waals surface area contributed by atoms with Gasteiger partial charge in [-0.25, -0.2) is 0 Å². The smallest absolute Gasteiger partial charge is 0.226 e. The Morgan fingerprint density at radius 1 is 1.48 bits per heavy atom. The van der Waals surface area contributed by atoms with Gasteiger partial charge in [0.05, 0.1) is 13.2 Å². The van der Waals surface area contributed by atoms with Crippen LogP contribution in [-0.4, -0.2) is 42.2 Å². The maximum absolute atomic E-state index is 12.5. The normalized spacial score (nSPS) is 29.3. The second-order valence-corrected chi connectivity index (χ2v) is 6.30. The third kappa shape index (κ3) is 2.91. The Labute approximate surface area is 125 Å². The Balaban J connectivity index is 1.61. The summed E-state index contributed by atoms with van der Waals surface area (Å²) in [5.74, 6) is 1.79. The van der Waals surface area contributed by atoms with E-state index in [-0.39, 0.29) is 23.8 Å². The number of likely N-dealkylation sites (tertiary alicyclic amines) is 1. The maximum atomic E-state index is 12.5. The highest BCUT2D eigenvalue weighted by Gasteiger charge is 2.47. The van der Waals surface area contributed by atoms with Crippen LogP contribution < -0.4 is 4.74 Å². The van der Waals surface area contributed by atoms with Gasteiger partial charge in [0.1, 0.15) is 5.75 Å². The van der Waals surface area contributed by atoms with E-state index in [0.717, 1.165) is 25.1 Å². The monoisotopic (exact) mass is 289 g/mol. The lowest BCUT2D eigenvalue weighted by molar-refractivity contribution is -0.131. The summed E-state index contributed by atoms with van der Waals surface area (Å²) in [7, 11) is 1.66. The summed E-state index contributed by atoms with van der Waals surface area (Å²) >= 11 is 0. The fourth-order valence-electron chi connectivity index (χ4n) is 3.32. The van der Waals surface area contributed by atoms with Crippen LogP contribution in [0, 0.1) is 11.8 Å². The van der Waals surface area contributed by atoms with Gasteiger partial charge in [-0.3, -0.25) is 4.79 Å². The van der Waals surface area contributed by atoms with E-state index in [4.69, 9.17) is 4.74 Å². The predicted molar refractivity (Wildman–Crippen MR) is 80.2 cm³/mol. The highest BCUT2D eigenvalue weighted by molar-refractivity contribution is 5.83. The van der Waals surface area contributed by atoms with Crippen molar-refractivity contribution in [2.45, 2.75) is 31.8 Å². The average molecular weight is 289 g/mol. The van der Waals surface area contributed by atoms with Crippen LogP contribution >= 0.6 is 0 Å². The number of carbonyl (C=O) groups excluding carboxylic acids is 1. The van der Waals surface area contributed by atoms with E-state index in [1.165, 1.54) is 5.56 Å². The van der Waals surface area contributed by atoms with Crippen LogP contribution in [0.25, 0.3) is 0 Å². The van der Waals surface area contributed by atoms with Gasteiger partial charge >= 0.3 is 0 Å². The first-order valence-corrected chi connectivity index (χ1v) is 7.71. The molecule has 0 bridgehead atoms. The summed E-state index contributed by atoms with van der Waals surface area (Å²) in [6, 6.07) is 8.01. The van der Waals surface area contributed by atoms with Crippen LogP contribution in [-0.2, 0) is 4.79 Å². The average Bonchev–Trinajstić information content (AvgIpc) is 3.14. The number of carbonyl (C=O) groups is 1. The standard InChI is InChI=1S/C17H23NO3/c1-11(19)13-6-7-18(10-13)17(20)16-9-15(16)12-4-3-5-14(8-12)21-2/h3-5,8,11,13,15-16,19H,6-7,9-10H2,1-2H3. The fraction of sp³-hybridized carbons (Fsp3) is 0.588. The maximum Gasteiger partial charge on any atom is 0.226 e. The van der Waals surface area contributed by atoms with E-state index < -0.39 is 0 Å². The Morgan fingerprint density at radius 3 is 2.95 bits per heavy atom. The third-order valence-corrected chi connectivity index (χ3v) is 4.85. The minimum atomic E-state index is -0.323. The lowest BCUT2D eigenvalue weighted by Gasteiger charge is -2.18. The van der Waals surface area contributed by atoms with Crippen LogP contribution in [0.1, 0.15) is 31.2 Å². The van der Waals surface area contributed by atoms with Gasteiger partial charge in [-0.05, 0) is 43.4 Å². The van der Waals surface area contributed by atoms with Gasteiger partial charge in [0, 0.05) is 24.9 Å². The first-order valence-electron chi connectivity index (χ1n) is 7.71. The molecule has 4 atom stereocenters. The lowest BCUT2D eigenvalue weighted by Crippen LogP contribution is -2.31. The Morgan fingerprint density at radius 2 is 2.29 bits per heavy atom. The molecular formula is C17H23NO3. The molecule has 1 aromatic carbocycles. The van der Waals surface area contributed by atoms with Crippen LogP contribution in [0.5, 0.6) is 5.75 Å². The largest absolute Gasteiger partial charge is 0.497 e. The molecule has 3 rings (SSSR count). The second kappa shape index (κ2) is 5.68. The van der Waals surface area contributed by atoms with E-state index in [1.807, 2.05) is 30.0 Å². The Hall–Kier alpha value is -1.55. The number of hydrogen-bond donors (Lipinski definition) is 1. The third-order valence-electron chi connectivity index (χ3n) is 4.85. The summed E-state index contributed by atoms with van der Waals surface area (Å²) in [5.41, 5.74) is 1.19. The molecule has 1 aliphatic carbocycles. The molecule has 1 N–H and O–H groups in total. The summed E-state index contributed by atoms with van der Waals surface area (Å²) in [6.45, 7) is 3.31. The molecule has 0 aromatic heterocycles. The lowest BCUT2D eigenvalue weighted by atomic mass is 10.0. The topological polar surface area (TPSA) is 49.8 Å².